The Morgan fingerprint density at radius 1 is 1.36 bits per heavy atom. The van der Waals surface area contributed by atoms with Crippen molar-refractivity contribution >= 4 is 23.1 Å². The summed E-state index contributed by atoms with van der Waals surface area (Å²) in [5.74, 6) is 1.38. The van der Waals surface area contributed by atoms with E-state index in [1.165, 1.54) is 16.0 Å². The van der Waals surface area contributed by atoms with Crippen molar-refractivity contribution in [2.75, 3.05) is 17.6 Å². The number of aliphatic hydroxyl groups is 1. The van der Waals surface area contributed by atoms with E-state index in [1.807, 2.05) is 6.07 Å². The molecule has 0 atom stereocenters. The molecule has 0 spiro atoms. The maximum atomic E-state index is 9.42. The van der Waals surface area contributed by atoms with Gasteiger partial charge in [-0.05, 0) is 49.6 Å². The van der Waals surface area contributed by atoms with Gasteiger partial charge in [0.05, 0.1) is 11.8 Å². The van der Waals surface area contributed by atoms with E-state index in [0.29, 0.717) is 11.9 Å². The normalized spacial score (nSPS) is 20.7. The largest absolute Gasteiger partial charge is 0.393 e. The van der Waals surface area contributed by atoms with Gasteiger partial charge in [-0.2, -0.15) is 4.98 Å². The fourth-order valence-corrected chi connectivity index (χ4v) is 3.67. The number of nitrogens with one attached hydrogen (secondary N) is 1. The molecule has 0 radical (unpaired) electrons. The van der Waals surface area contributed by atoms with E-state index in [1.54, 1.807) is 11.3 Å². The van der Waals surface area contributed by atoms with Crippen LogP contribution in [0, 0.1) is 13.8 Å². The van der Waals surface area contributed by atoms with Crippen molar-refractivity contribution < 1.29 is 5.11 Å². The number of rotatable bonds is 5. The lowest BCUT2D eigenvalue weighted by Crippen LogP contribution is -2.27. The van der Waals surface area contributed by atoms with Crippen LogP contribution in [0.5, 0.6) is 0 Å². The number of aliphatic hydroxyl groups excluding tert-OH is 1. The average Bonchev–Trinajstić information content (AvgIpc) is 2.75. The van der Waals surface area contributed by atoms with Crippen LogP contribution in [0.4, 0.5) is 11.8 Å². The number of aromatic nitrogens is 2. The van der Waals surface area contributed by atoms with Crippen LogP contribution in [0.2, 0.25) is 0 Å². The Balaban J connectivity index is 1.61. The van der Waals surface area contributed by atoms with Crippen molar-refractivity contribution in [2.24, 2.45) is 0 Å². The predicted octanol–water partition coefficient (Wildman–Crippen LogP) is 2.63. The van der Waals surface area contributed by atoms with Crippen LogP contribution >= 0.6 is 11.3 Å². The molecule has 2 aromatic heterocycles. The Kier molecular flexibility index (Phi) is 4.31. The van der Waals surface area contributed by atoms with E-state index < -0.39 is 0 Å². The van der Waals surface area contributed by atoms with Crippen molar-refractivity contribution in [1.82, 2.24) is 9.97 Å². The molecular weight excluding hydrogens is 296 g/mol. The number of nitrogens with two attached hydrogens (primary N) is 1. The van der Waals surface area contributed by atoms with Gasteiger partial charge in [-0.15, -0.1) is 11.3 Å². The second-order valence-corrected chi connectivity index (χ2v) is 7.06. The minimum atomic E-state index is -0.192. The number of aryl methyl sites for hydroxylation is 1. The lowest BCUT2D eigenvalue weighted by molar-refractivity contribution is 0.0732. The molecule has 3 rings (SSSR count). The van der Waals surface area contributed by atoms with Crippen molar-refractivity contribution in [1.29, 1.82) is 0 Å². The summed E-state index contributed by atoms with van der Waals surface area (Å²) in [4.78, 5) is 9.92. The summed E-state index contributed by atoms with van der Waals surface area (Å²) >= 11 is 1.80. The average molecular weight is 318 g/mol. The van der Waals surface area contributed by atoms with Crippen LogP contribution in [0.25, 0.3) is 0 Å². The summed E-state index contributed by atoms with van der Waals surface area (Å²) < 4.78 is 0. The van der Waals surface area contributed by atoms with Crippen molar-refractivity contribution in [3.05, 3.63) is 33.1 Å². The van der Waals surface area contributed by atoms with Crippen LogP contribution in [-0.2, 0) is 6.42 Å². The monoisotopic (exact) mass is 318 g/mol. The van der Waals surface area contributed by atoms with E-state index in [4.69, 9.17) is 5.73 Å². The second-order valence-electron chi connectivity index (χ2n) is 5.98. The number of nitrogen functional groups attached to an aromatic ring is 1. The highest BCUT2D eigenvalue weighted by atomic mass is 32.1. The number of hydrogen-bond donors (Lipinski definition) is 3. The van der Waals surface area contributed by atoms with Crippen LogP contribution in [-0.4, -0.2) is 27.7 Å². The van der Waals surface area contributed by atoms with E-state index in [9.17, 15) is 5.11 Å². The van der Waals surface area contributed by atoms with Gasteiger partial charge in [0.25, 0.3) is 0 Å². The van der Waals surface area contributed by atoms with Gasteiger partial charge in [0.15, 0.2) is 0 Å². The third-order valence-corrected chi connectivity index (χ3v) is 5.45. The molecule has 4 N–H and O–H groups in total. The molecule has 118 valence electrons. The molecule has 6 heteroatoms. The molecule has 0 unspecified atom stereocenters. The van der Waals surface area contributed by atoms with E-state index >= 15 is 0 Å². The van der Waals surface area contributed by atoms with Gasteiger partial charge in [-0.1, -0.05) is 0 Å². The molecular formula is C16H22N4OS. The molecule has 0 aliphatic heterocycles. The first-order valence-corrected chi connectivity index (χ1v) is 8.51. The van der Waals surface area contributed by atoms with Gasteiger partial charge < -0.3 is 16.2 Å². The minimum absolute atomic E-state index is 0.192. The smallest absolute Gasteiger partial charge is 0.222 e. The molecule has 0 amide bonds. The standard InChI is InChI=1S/C16H22N4OS/c1-9-10(2)22-8-11(9)3-4-18-15-7-14(19-16(17)20-15)12-5-13(21)6-12/h7-8,12-13,21H,3-6H2,1-2H3,(H3,17,18,19,20). The van der Waals surface area contributed by atoms with Gasteiger partial charge in [0.1, 0.15) is 5.82 Å². The zero-order valence-electron chi connectivity index (χ0n) is 13.0. The summed E-state index contributed by atoms with van der Waals surface area (Å²) in [6.07, 6.45) is 2.31. The highest BCUT2D eigenvalue weighted by molar-refractivity contribution is 7.10. The lowest BCUT2D eigenvalue weighted by Gasteiger charge is -2.30. The molecule has 22 heavy (non-hydrogen) atoms. The number of thiophene rings is 1. The van der Waals surface area contributed by atoms with Crippen molar-refractivity contribution in [3.63, 3.8) is 0 Å². The van der Waals surface area contributed by atoms with E-state index in [-0.39, 0.29) is 6.10 Å². The zero-order valence-corrected chi connectivity index (χ0v) is 13.8. The zero-order chi connectivity index (χ0) is 15.7. The molecule has 5 nitrogen and oxygen atoms in total. The summed E-state index contributed by atoms with van der Waals surface area (Å²) in [6.45, 7) is 5.14. The summed E-state index contributed by atoms with van der Waals surface area (Å²) in [5, 5.41) is 15.0. The first kappa shape index (κ1) is 15.2. The molecule has 1 aliphatic rings. The number of hydrogen-bond acceptors (Lipinski definition) is 6. The number of nitrogens with zero attached hydrogens (tertiary/aromatic N) is 2. The fraction of sp³-hybridized carbons (Fsp3) is 0.500. The van der Waals surface area contributed by atoms with Crippen LogP contribution in [0.3, 0.4) is 0 Å². The molecule has 0 bridgehead atoms. The topological polar surface area (TPSA) is 84.1 Å². The second kappa shape index (κ2) is 6.22. The highest BCUT2D eigenvalue weighted by Gasteiger charge is 2.30. The molecule has 1 fully saturated rings. The van der Waals surface area contributed by atoms with Gasteiger partial charge in [0, 0.05) is 23.4 Å². The van der Waals surface area contributed by atoms with Crippen LogP contribution in [0.1, 0.15) is 40.5 Å². The SMILES string of the molecule is Cc1scc(CCNc2cc(C3CC(O)C3)nc(N)n2)c1C. The molecule has 2 aromatic rings. The van der Waals surface area contributed by atoms with Gasteiger partial charge in [0.2, 0.25) is 5.95 Å². The van der Waals surface area contributed by atoms with Gasteiger partial charge >= 0.3 is 0 Å². The van der Waals surface area contributed by atoms with Crippen molar-refractivity contribution in [3.8, 4) is 0 Å². The first-order valence-electron chi connectivity index (χ1n) is 7.63. The summed E-state index contributed by atoms with van der Waals surface area (Å²) in [6, 6.07) is 1.96. The first-order chi connectivity index (χ1) is 10.5. The van der Waals surface area contributed by atoms with Gasteiger partial charge in [-0.3, -0.25) is 0 Å². The molecule has 0 saturated heterocycles. The quantitative estimate of drug-likeness (QED) is 0.789. The molecule has 0 aromatic carbocycles. The maximum Gasteiger partial charge on any atom is 0.222 e. The molecule has 2 heterocycles. The Morgan fingerprint density at radius 3 is 2.77 bits per heavy atom. The highest BCUT2D eigenvalue weighted by Crippen LogP contribution is 2.36. The summed E-state index contributed by atoms with van der Waals surface area (Å²) in [5.41, 5.74) is 9.51. The Hall–Kier alpha value is -1.66. The van der Waals surface area contributed by atoms with E-state index in [0.717, 1.165) is 37.3 Å². The van der Waals surface area contributed by atoms with Crippen molar-refractivity contribution in [2.45, 2.75) is 45.1 Å². The fourth-order valence-electron chi connectivity index (χ4n) is 2.75. The maximum absolute atomic E-state index is 9.42. The lowest BCUT2D eigenvalue weighted by atomic mass is 9.80. The number of anilines is 2. The van der Waals surface area contributed by atoms with Crippen LogP contribution in [0.15, 0.2) is 11.4 Å². The minimum Gasteiger partial charge on any atom is -0.393 e. The Bertz CT molecular complexity index is 664. The molecule has 1 saturated carbocycles. The predicted molar refractivity (Wildman–Crippen MR) is 90.4 cm³/mol. The Labute approximate surface area is 134 Å². The van der Waals surface area contributed by atoms with Gasteiger partial charge in [-0.25, -0.2) is 4.98 Å². The van der Waals surface area contributed by atoms with Crippen LogP contribution < -0.4 is 11.1 Å². The summed E-state index contributed by atoms with van der Waals surface area (Å²) in [7, 11) is 0. The third-order valence-electron chi connectivity index (χ3n) is 4.38. The third kappa shape index (κ3) is 3.23. The Morgan fingerprint density at radius 2 is 2.14 bits per heavy atom. The van der Waals surface area contributed by atoms with E-state index in [2.05, 4.69) is 34.5 Å². The molecule has 1 aliphatic carbocycles.